The predicted molar refractivity (Wildman–Crippen MR) is 70.9 cm³/mol. The molecule has 1 fully saturated rings. The fourth-order valence-electron chi connectivity index (χ4n) is 2.20. The first-order valence-corrected chi connectivity index (χ1v) is 7.59. The van der Waals surface area contributed by atoms with E-state index in [2.05, 4.69) is 23.8 Å². The molecule has 1 aliphatic rings. The summed E-state index contributed by atoms with van der Waals surface area (Å²) in [6.45, 7) is 3.78. The Bertz CT molecular complexity index is 211. The highest BCUT2D eigenvalue weighted by atomic mass is 32.2. The molecular formula is C12H24N2OS. The van der Waals surface area contributed by atoms with Crippen molar-refractivity contribution in [3.8, 4) is 0 Å². The molecule has 2 N–H and O–H groups in total. The van der Waals surface area contributed by atoms with Gasteiger partial charge in [-0.2, -0.15) is 11.8 Å². The summed E-state index contributed by atoms with van der Waals surface area (Å²) in [6.07, 6.45) is 7.72. The SMILES string of the molecule is CCNCCC(=O)NC1CCCCC1SC. The third-order valence-corrected chi connectivity index (χ3v) is 4.30. The van der Waals surface area contributed by atoms with Gasteiger partial charge in [0.15, 0.2) is 0 Å². The Labute approximate surface area is 103 Å². The van der Waals surface area contributed by atoms with Crippen molar-refractivity contribution in [2.75, 3.05) is 19.3 Å². The van der Waals surface area contributed by atoms with Crippen LogP contribution in [0, 0.1) is 0 Å². The summed E-state index contributed by atoms with van der Waals surface area (Å²) in [4.78, 5) is 11.7. The van der Waals surface area contributed by atoms with E-state index < -0.39 is 0 Å². The minimum absolute atomic E-state index is 0.201. The Kier molecular flexibility index (Phi) is 6.88. The molecule has 1 aliphatic carbocycles. The van der Waals surface area contributed by atoms with Crippen molar-refractivity contribution in [2.24, 2.45) is 0 Å². The van der Waals surface area contributed by atoms with Crippen LogP contribution in [0.5, 0.6) is 0 Å². The van der Waals surface area contributed by atoms with Gasteiger partial charge in [-0.15, -0.1) is 0 Å². The van der Waals surface area contributed by atoms with Crippen molar-refractivity contribution in [2.45, 2.75) is 50.3 Å². The molecule has 0 bridgehead atoms. The summed E-state index contributed by atoms with van der Waals surface area (Å²) in [6, 6.07) is 0.401. The quantitative estimate of drug-likeness (QED) is 0.700. The molecule has 16 heavy (non-hydrogen) atoms. The normalized spacial score (nSPS) is 25.4. The standard InChI is InChI=1S/C12H24N2OS/c1-3-13-9-8-12(15)14-10-6-4-5-7-11(10)16-2/h10-11,13H,3-9H2,1-2H3,(H,14,15). The van der Waals surface area contributed by atoms with Crippen molar-refractivity contribution >= 4 is 17.7 Å². The molecule has 0 aromatic carbocycles. The van der Waals surface area contributed by atoms with Gasteiger partial charge < -0.3 is 10.6 Å². The van der Waals surface area contributed by atoms with Gasteiger partial charge in [0.25, 0.3) is 0 Å². The molecule has 0 aliphatic heterocycles. The predicted octanol–water partition coefficient (Wildman–Crippen LogP) is 1.78. The Balaban J connectivity index is 2.25. The first-order valence-electron chi connectivity index (χ1n) is 6.30. The van der Waals surface area contributed by atoms with Crippen LogP contribution in [0.15, 0.2) is 0 Å². The second-order valence-corrected chi connectivity index (χ2v) is 5.41. The van der Waals surface area contributed by atoms with Crippen molar-refractivity contribution in [1.82, 2.24) is 10.6 Å². The van der Waals surface area contributed by atoms with E-state index in [-0.39, 0.29) is 5.91 Å². The van der Waals surface area contributed by atoms with E-state index in [0.29, 0.717) is 17.7 Å². The molecule has 4 heteroatoms. The van der Waals surface area contributed by atoms with Crippen LogP contribution in [0.4, 0.5) is 0 Å². The van der Waals surface area contributed by atoms with Gasteiger partial charge in [0.1, 0.15) is 0 Å². The molecular weight excluding hydrogens is 220 g/mol. The van der Waals surface area contributed by atoms with Crippen LogP contribution in [-0.4, -0.2) is 36.5 Å². The van der Waals surface area contributed by atoms with Gasteiger partial charge in [-0.25, -0.2) is 0 Å². The molecule has 2 atom stereocenters. The number of rotatable bonds is 6. The molecule has 0 heterocycles. The van der Waals surface area contributed by atoms with E-state index in [1.807, 2.05) is 11.8 Å². The molecule has 1 rings (SSSR count). The van der Waals surface area contributed by atoms with Gasteiger partial charge in [0.05, 0.1) is 0 Å². The van der Waals surface area contributed by atoms with E-state index >= 15 is 0 Å². The molecule has 3 nitrogen and oxygen atoms in total. The van der Waals surface area contributed by atoms with E-state index in [1.165, 1.54) is 19.3 Å². The lowest BCUT2D eigenvalue weighted by Crippen LogP contribution is -2.44. The second-order valence-electron chi connectivity index (χ2n) is 4.34. The summed E-state index contributed by atoms with van der Waals surface area (Å²) in [5.41, 5.74) is 0. The fraction of sp³-hybridized carbons (Fsp3) is 0.917. The number of amides is 1. The molecule has 0 saturated heterocycles. The van der Waals surface area contributed by atoms with Gasteiger partial charge in [0.2, 0.25) is 5.91 Å². The molecule has 2 unspecified atom stereocenters. The van der Waals surface area contributed by atoms with E-state index in [9.17, 15) is 4.79 Å². The monoisotopic (exact) mass is 244 g/mol. The summed E-state index contributed by atoms with van der Waals surface area (Å²) in [7, 11) is 0. The number of thioether (sulfide) groups is 1. The van der Waals surface area contributed by atoms with Gasteiger partial charge in [0, 0.05) is 24.3 Å². The maximum Gasteiger partial charge on any atom is 0.221 e. The van der Waals surface area contributed by atoms with Crippen LogP contribution >= 0.6 is 11.8 Å². The van der Waals surface area contributed by atoms with Gasteiger partial charge in [-0.1, -0.05) is 19.8 Å². The van der Waals surface area contributed by atoms with Gasteiger partial charge in [-0.05, 0) is 25.6 Å². The number of hydrogen-bond acceptors (Lipinski definition) is 3. The Hall–Kier alpha value is -0.220. The largest absolute Gasteiger partial charge is 0.352 e. The smallest absolute Gasteiger partial charge is 0.221 e. The lowest BCUT2D eigenvalue weighted by molar-refractivity contribution is -0.121. The van der Waals surface area contributed by atoms with E-state index in [4.69, 9.17) is 0 Å². The molecule has 1 amide bonds. The summed E-state index contributed by atoms with van der Waals surface area (Å²) in [5.74, 6) is 0.201. The minimum atomic E-state index is 0.201. The Morgan fingerprint density at radius 1 is 1.38 bits per heavy atom. The minimum Gasteiger partial charge on any atom is -0.352 e. The summed E-state index contributed by atoms with van der Waals surface area (Å²) in [5, 5.41) is 6.98. The fourth-order valence-corrected chi connectivity index (χ4v) is 3.14. The topological polar surface area (TPSA) is 41.1 Å². The van der Waals surface area contributed by atoms with Crippen LogP contribution in [-0.2, 0) is 4.79 Å². The number of carbonyl (C=O) groups excluding carboxylic acids is 1. The molecule has 0 radical (unpaired) electrons. The summed E-state index contributed by atoms with van der Waals surface area (Å²) < 4.78 is 0. The Morgan fingerprint density at radius 3 is 2.81 bits per heavy atom. The van der Waals surface area contributed by atoms with Crippen molar-refractivity contribution in [3.63, 3.8) is 0 Å². The molecule has 94 valence electrons. The zero-order valence-electron chi connectivity index (χ0n) is 10.4. The lowest BCUT2D eigenvalue weighted by atomic mass is 9.95. The van der Waals surface area contributed by atoms with Gasteiger partial charge >= 0.3 is 0 Å². The second kappa shape index (κ2) is 7.96. The zero-order valence-corrected chi connectivity index (χ0v) is 11.2. The van der Waals surface area contributed by atoms with Gasteiger partial charge in [-0.3, -0.25) is 4.79 Å². The van der Waals surface area contributed by atoms with Crippen LogP contribution in [0.3, 0.4) is 0 Å². The maximum atomic E-state index is 11.7. The number of nitrogens with one attached hydrogen (secondary N) is 2. The van der Waals surface area contributed by atoms with Crippen molar-refractivity contribution in [1.29, 1.82) is 0 Å². The van der Waals surface area contributed by atoms with Crippen molar-refractivity contribution in [3.05, 3.63) is 0 Å². The highest BCUT2D eigenvalue weighted by molar-refractivity contribution is 7.99. The molecule has 0 aromatic heterocycles. The molecule has 0 aromatic rings. The van der Waals surface area contributed by atoms with Crippen LogP contribution in [0.1, 0.15) is 39.0 Å². The average Bonchev–Trinajstić information content (AvgIpc) is 2.30. The van der Waals surface area contributed by atoms with E-state index in [0.717, 1.165) is 19.5 Å². The molecule has 0 spiro atoms. The van der Waals surface area contributed by atoms with Crippen LogP contribution in [0.2, 0.25) is 0 Å². The molecule has 1 saturated carbocycles. The highest BCUT2D eigenvalue weighted by Gasteiger charge is 2.25. The average molecular weight is 244 g/mol. The maximum absolute atomic E-state index is 11.7. The zero-order chi connectivity index (χ0) is 11.8. The highest BCUT2D eigenvalue weighted by Crippen LogP contribution is 2.27. The third-order valence-electron chi connectivity index (χ3n) is 3.13. The first-order chi connectivity index (χ1) is 7.77. The third kappa shape index (κ3) is 4.74. The lowest BCUT2D eigenvalue weighted by Gasteiger charge is -2.30. The van der Waals surface area contributed by atoms with E-state index in [1.54, 1.807) is 0 Å². The summed E-state index contributed by atoms with van der Waals surface area (Å²) >= 11 is 1.89. The van der Waals surface area contributed by atoms with Crippen molar-refractivity contribution < 1.29 is 4.79 Å². The van der Waals surface area contributed by atoms with Crippen LogP contribution in [0.25, 0.3) is 0 Å². The first kappa shape index (κ1) is 13.8. The Morgan fingerprint density at radius 2 is 2.12 bits per heavy atom. The number of hydrogen-bond donors (Lipinski definition) is 2. The number of carbonyl (C=O) groups is 1. The van der Waals surface area contributed by atoms with Crippen LogP contribution < -0.4 is 10.6 Å².